The predicted molar refractivity (Wildman–Crippen MR) is 119 cm³/mol. The number of anilines is 1. The van der Waals surface area contributed by atoms with Crippen LogP contribution >= 0.6 is 23.8 Å². The average molecular weight is 437 g/mol. The lowest BCUT2D eigenvalue weighted by atomic mass is 10.2. The van der Waals surface area contributed by atoms with E-state index in [0.717, 1.165) is 5.56 Å². The van der Waals surface area contributed by atoms with Crippen LogP contribution in [-0.2, 0) is 11.3 Å². The fraction of sp³-hybridized carbons (Fsp3) is 0.333. The van der Waals surface area contributed by atoms with Crippen LogP contribution < -0.4 is 20.1 Å². The second kappa shape index (κ2) is 11.5. The monoisotopic (exact) mass is 436 g/mol. The summed E-state index contributed by atoms with van der Waals surface area (Å²) in [6.07, 6.45) is 0. The Morgan fingerprint density at radius 2 is 1.72 bits per heavy atom. The molecule has 0 aliphatic carbocycles. The van der Waals surface area contributed by atoms with Crippen molar-refractivity contribution < 1.29 is 19.0 Å². The number of rotatable bonds is 9. The summed E-state index contributed by atoms with van der Waals surface area (Å²) < 4.78 is 16.2. The van der Waals surface area contributed by atoms with E-state index in [2.05, 4.69) is 10.6 Å². The Morgan fingerprint density at radius 3 is 2.41 bits per heavy atom. The Morgan fingerprint density at radius 1 is 1.00 bits per heavy atom. The minimum atomic E-state index is -0.474. The van der Waals surface area contributed by atoms with Gasteiger partial charge in [0.1, 0.15) is 0 Å². The number of halogens is 1. The van der Waals surface area contributed by atoms with Crippen LogP contribution in [0.5, 0.6) is 11.5 Å². The Labute approximate surface area is 181 Å². The molecule has 6 nitrogen and oxygen atoms in total. The van der Waals surface area contributed by atoms with Crippen LogP contribution in [0.3, 0.4) is 0 Å². The number of nitrogens with one attached hydrogen (secondary N) is 2. The number of hydrogen-bond acceptors (Lipinski definition) is 5. The van der Waals surface area contributed by atoms with E-state index < -0.39 is 5.97 Å². The Bertz CT molecular complexity index is 861. The average Bonchev–Trinajstić information content (AvgIpc) is 2.70. The highest BCUT2D eigenvalue weighted by atomic mass is 35.5. The van der Waals surface area contributed by atoms with Crippen molar-refractivity contribution in [3.63, 3.8) is 0 Å². The van der Waals surface area contributed by atoms with Crippen molar-refractivity contribution >= 4 is 40.6 Å². The second-order valence-electron chi connectivity index (χ2n) is 5.87. The normalized spacial score (nSPS) is 10.2. The molecule has 0 amide bonds. The molecular weight excluding hydrogens is 412 g/mol. The van der Waals surface area contributed by atoms with E-state index in [1.54, 1.807) is 25.1 Å². The molecule has 0 aromatic heterocycles. The zero-order chi connectivity index (χ0) is 21.2. The van der Waals surface area contributed by atoms with Crippen molar-refractivity contribution in [1.29, 1.82) is 0 Å². The van der Waals surface area contributed by atoms with E-state index in [4.69, 9.17) is 38.0 Å². The summed E-state index contributed by atoms with van der Waals surface area (Å²) in [6, 6.07) is 10.7. The van der Waals surface area contributed by atoms with Crippen LogP contribution in [-0.4, -0.2) is 30.9 Å². The van der Waals surface area contributed by atoms with Gasteiger partial charge in [-0.25, -0.2) is 4.79 Å². The first-order valence-corrected chi connectivity index (χ1v) is 10.2. The van der Waals surface area contributed by atoms with E-state index in [9.17, 15) is 4.79 Å². The Hall–Kier alpha value is -2.51. The fourth-order valence-electron chi connectivity index (χ4n) is 2.53. The Balaban J connectivity index is 2.00. The van der Waals surface area contributed by atoms with E-state index in [1.807, 2.05) is 32.0 Å². The molecule has 156 valence electrons. The van der Waals surface area contributed by atoms with E-state index in [-0.39, 0.29) is 12.2 Å². The third kappa shape index (κ3) is 6.80. The lowest BCUT2D eigenvalue weighted by molar-refractivity contribution is 0.0526. The second-order valence-corrected chi connectivity index (χ2v) is 6.69. The summed E-state index contributed by atoms with van der Waals surface area (Å²) in [7, 11) is 0. The SMILES string of the molecule is CCOC(=O)c1cc(NC(=S)NCc2ccc(OCC)c(OCC)c2)ccc1Cl. The van der Waals surface area contributed by atoms with Gasteiger partial charge in [-0.2, -0.15) is 0 Å². The first-order chi connectivity index (χ1) is 14.0. The molecule has 0 saturated carbocycles. The minimum Gasteiger partial charge on any atom is -0.490 e. The first-order valence-electron chi connectivity index (χ1n) is 9.38. The summed E-state index contributed by atoms with van der Waals surface area (Å²) in [5.74, 6) is 0.939. The van der Waals surface area contributed by atoms with E-state index >= 15 is 0 Å². The van der Waals surface area contributed by atoms with Crippen molar-refractivity contribution in [2.45, 2.75) is 27.3 Å². The summed E-state index contributed by atoms with van der Waals surface area (Å²) in [4.78, 5) is 12.0. The zero-order valence-electron chi connectivity index (χ0n) is 16.7. The molecule has 2 aromatic rings. The third-order valence-corrected chi connectivity index (χ3v) is 4.36. The molecule has 8 heteroatoms. The van der Waals surface area contributed by atoms with Gasteiger partial charge in [0.05, 0.1) is 30.4 Å². The highest BCUT2D eigenvalue weighted by Crippen LogP contribution is 2.28. The third-order valence-electron chi connectivity index (χ3n) is 3.78. The van der Waals surface area contributed by atoms with Crippen LogP contribution in [0.15, 0.2) is 36.4 Å². The summed E-state index contributed by atoms with van der Waals surface area (Å²) in [5, 5.41) is 6.91. The van der Waals surface area contributed by atoms with Gasteiger partial charge in [-0.15, -0.1) is 0 Å². The number of ether oxygens (including phenoxy) is 3. The van der Waals surface area contributed by atoms with Crippen molar-refractivity contribution in [3.8, 4) is 11.5 Å². The molecule has 0 aliphatic rings. The van der Waals surface area contributed by atoms with Gasteiger partial charge in [0.25, 0.3) is 0 Å². The minimum absolute atomic E-state index is 0.276. The molecule has 2 N–H and O–H groups in total. The maximum absolute atomic E-state index is 12.0. The molecule has 0 saturated heterocycles. The highest BCUT2D eigenvalue weighted by Gasteiger charge is 2.13. The fourth-order valence-corrected chi connectivity index (χ4v) is 2.92. The topological polar surface area (TPSA) is 68.8 Å². The molecule has 0 spiro atoms. The van der Waals surface area contributed by atoms with Crippen LogP contribution in [0.25, 0.3) is 0 Å². The van der Waals surface area contributed by atoms with Gasteiger partial charge in [-0.05, 0) is 68.9 Å². The summed E-state index contributed by atoms with van der Waals surface area (Å²) >= 11 is 11.4. The molecule has 0 unspecified atom stereocenters. The highest BCUT2D eigenvalue weighted by molar-refractivity contribution is 7.80. The maximum atomic E-state index is 12.0. The van der Waals surface area contributed by atoms with Gasteiger partial charge in [0.15, 0.2) is 16.6 Å². The van der Waals surface area contributed by atoms with Gasteiger partial charge < -0.3 is 24.8 Å². The number of carbonyl (C=O) groups excluding carboxylic acids is 1. The smallest absolute Gasteiger partial charge is 0.339 e. The van der Waals surface area contributed by atoms with Gasteiger partial charge in [0.2, 0.25) is 0 Å². The van der Waals surface area contributed by atoms with Crippen molar-refractivity contribution in [2.24, 2.45) is 0 Å². The maximum Gasteiger partial charge on any atom is 0.339 e. The van der Waals surface area contributed by atoms with Gasteiger partial charge >= 0.3 is 5.97 Å². The molecule has 0 aliphatic heterocycles. The van der Waals surface area contributed by atoms with Gasteiger partial charge in [-0.1, -0.05) is 17.7 Å². The lowest BCUT2D eigenvalue weighted by Crippen LogP contribution is -2.28. The van der Waals surface area contributed by atoms with Crippen LogP contribution in [0.4, 0.5) is 5.69 Å². The van der Waals surface area contributed by atoms with Gasteiger partial charge in [-0.3, -0.25) is 0 Å². The molecule has 0 fully saturated rings. The van der Waals surface area contributed by atoms with Crippen LogP contribution in [0.1, 0.15) is 36.7 Å². The van der Waals surface area contributed by atoms with Crippen molar-refractivity contribution in [3.05, 3.63) is 52.5 Å². The molecule has 0 heterocycles. The molecular formula is C21H25ClN2O4S. The lowest BCUT2D eigenvalue weighted by Gasteiger charge is -2.14. The zero-order valence-corrected chi connectivity index (χ0v) is 18.3. The van der Waals surface area contributed by atoms with Crippen molar-refractivity contribution in [2.75, 3.05) is 25.1 Å². The molecule has 0 radical (unpaired) electrons. The number of benzene rings is 2. The molecule has 0 bridgehead atoms. The standard InChI is InChI=1S/C21H25ClN2O4S/c1-4-26-18-10-7-14(11-19(18)27-5-2)13-23-21(29)24-15-8-9-17(22)16(12-15)20(25)28-6-3/h7-12H,4-6,13H2,1-3H3,(H2,23,24,29). The summed E-state index contributed by atoms with van der Waals surface area (Å²) in [6.45, 7) is 7.49. The van der Waals surface area contributed by atoms with E-state index in [1.165, 1.54) is 0 Å². The van der Waals surface area contributed by atoms with Crippen molar-refractivity contribution in [1.82, 2.24) is 5.32 Å². The number of esters is 1. The molecule has 0 atom stereocenters. The quantitative estimate of drug-likeness (QED) is 0.432. The number of carbonyl (C=O) groups is 1. The van der Waals surface area contributed by atoms with Gasteiger partial charge in [0, 0.05) is 12.2 Å². The molecule has 29 heavy (non-hydrogen) atoms. The molecule has 2 rings (SSSR count). The predicted octanol–water partition coefficient (Wildman–Crippen LogP) is 4.80. The number of hydrogen-bond donors (Lipinski definition) is 2. The van der Waals surface area contributed by atoms with Crippen LogP contribution in [0.2, 0.25) is 5.02 Å². The summed E-state index contributed by atoms with van der Waals surface area (Å²) in [5.41, 5.74) is 1.91. The first kappa shape index (κ1) is 22.8. The molecule has 2 aromatic carbocycles. The number of thiocarbonyl (C=S) groups is 1. The Kier molecular flexibility index (Phi) is 9.02. The van der Waals surface area contributed by atoms with E-state index in [0.29, 0.717) is 47.1 Å². The van der Waals surface area contributed by atoms with Crippen LogP contribution in [0, 0.1) is 0 Å². The largest absolute Gasteiger partial charge is 0.490 e.